The van der Waals surface area contributed by atoms with Crippen molar-refractivity contribution in [3.05, 3.63) is 58.2 Å². The summed E-state index contributed by atoms with van der Waals surface area (Å²) in [6.45, 7) is 6.60. The first-order valence-corrected chi connectivity index (χ1v) is 7.90. The summed E-state index contributed by atoms with van der Waals surface area (Å²) in [4.78, 5) is 19.5. The largest absolute Gasteiger partial charge is 0.462 e. The lowest BCUT2D eigenvalue weighted by Crippen LogP contribution is -2.07. The van der Waals surface area contributed by atoms with E-state index in [0.717, 1.165) is 33.8 Å². The van der Waals surface area contributed by atoms with Crippen LogP contribution in [0.4, 0.5) is 0 Å². The lowest BCUT2D eigenvalue weighted by molar-refractivity contribution is 0.0525. The number of pyridine rings is 1. The Bertz CT molecular complexity index is 819. The highest BCUT2D eigenvalue weighted by Gasteiger charge is 2.21. The summed E-state index contributed by atoms with van der Waals surface area (Å²) < 4.78 is 5.14. The molecule has 0 amide bonds. The quantitative estimate of drug-likeness (QED) is 0.847. The SMILES string of the molecule is CCOC(=O)c1c(C)[nH]c(C=C2CNN=C2c2cccnc2)c1C. The summed E-state index contributed by atoms with van der Waals surface area (Å²) in [6, 6.07) is 3.86. The normalized spacial score (nSPS) is 15.3. The van der Waals surface area contributed by atoms with Crippen LogP contribution in [0.5, 0.6) is 0 Å². The molecule has 0 unspecified atom stereocenters. The standard InChI is InChI=1S/C18H20N4O2/c1-4-24-18(23)16-11(2)15(21-12(16)3)8-14-10-20-22-17(14)13-6-5-7-19-9-13/h5-9,20-21H,4,10H2,1-3H3. The number of aromatic nitrogens is 2. The Morgan fingerprint density at radius 3 is 2.96 bits per heavy atom. The smallest absolute Gasteiger partial charge is 0.340 e. The van der Waals surface area contributed by atoms with Crippen molar-refractivity contribution >= 4 is 17.8 Å². The molecule has 124 valence electrons. The van der Waals surface area contributed by atoms with Gasteiger partial charge >= 0.3 is 5.97 Å². The Morgan fingerprint density at radius 2 is 2.25 bits per heavy atom. The van der Waals surface area contributed by atoms with Crippen molar-refractivity contribution in [3.63, 3.8) is 0 Å². The number of nitrogens with zero attached hydrogens (tertiary/aromatic N) is 2. The number of carbonyl (C=O) groups is 1. The first-order chi connectivity index (χ1) is 11.6. The van der Waals surface area contributed by atoms with Gasteiger partial charge in [0.25, 0.3) is 0 Å². The van der Waals surface area contributed by atoms with Gasteiger partial charge in [-0.1, -0.05) is 0 Å². The van der Waals surface area contributed by atoms with Crippen molar-refractivity contribution in [2.75, 3.05) is 13.2 Å². The molecule has 3 heterocycles. The maximum absolute atomic E-state index is 12.1. The average molecular weight is 324 g/mol. The van der Waals surface area contributed by atoms with Crippen molar-refractivity contribution in [1.82, 2.24) is 15.4 Å². The Balaban J connectivity index is 1.96. The van der Waals surface area contributed by atoms with Crippen LogP contribution in [0.3, 0.4) is 0 Å². The van der Waals surface area contributed by atoms with Gasteiger partial charge in [-0.2, -0.15) is 5.10 Å². The van der Waals surface area contributed by atoms with E-state index >= 15 is 0 Å². The zero-order valence-electron chi connectivity index (χ0n) is 14.0. The predicted molar refractivity (Wildman–Crippen MR) is 93.0 cm³/mol. The third-order valence-electron chi connectivity index (χ3n) is 3.97. The second-order valence-corrected chi connectivity index (χ2v) is 5.59. The average Bonchev–Trinajstić information content (AvgIpc) is 3.14. The van der Waals surface area contributed by atoms with Crippen molar-refractivity contribution in [1.29, 1.82) is 0 Å². The third-order valence-corrected chi connectivity index (χ3v) is 3.97. The van der Waals surface area contributed by atoms with Gasteiger partial charge in [0, 0.05) is 34.9 Å². The lowest BCUT2D eigenvalue weighted by atomic mass is 10.0. The van der Waals surface area contributed by atoms with Crippen LogP contribution in [-0.2, 0) is 4.74 Å². The van der Waals surface area contributed by atoms with E-state index < -0.39 is 0 Å². The first kappa shape index (κ1) is 16.0. The molecule has 2 N–H and O–H groups in total. The number of nitrogens with one attached hydrogen (secondary N) is 2. The number of H-pyrrole nitrogens is 1. The Morgan fingerprint density at radius 1 is 1.42 bits per heavy atom. The molecular formula is C18H20N4O2. The van der Waals surface area contributed by atoms with Gasteiger partial charge in [-0.25, -0.2) is 4.79 Å². The molecule has 0 fully saturated rings. The van der Waals surface area contributed by atoms with Gasteiger partial charge in [-0.05, 0) is 44.5 Å². The van der Waals surface area contributed by atoms with Gasteiger partial charge < -0.3 is 15.1 Å². The maximum Gasteiger partial charge on any atom is 0.340 e. The second-order valence-electron chi connectivity index (χ2n) is 5.59. The van der Waals surface area contributed by atoms with Gasteiger partial charge in [0.2, 0.25) is 0 Å². The molecule has 1 aliphatic heterocycles. The summed E-state index contributed by atoms with van der Waals surface area (Å²) in [5, 5.41) is 4.36. The Labute approximate surface area is 140 Å². The molecule has 0 bridgehead atoms. The molecule has 0 saturated heterocycles. The number of aryl methyl sites for hydroxylation is 1. The highest BCUT2D eigenvalue weighted by molar-refractivity contribution is 6.16. The molecule has 0 atom stereocenters. The van der Waals surface area contributed by atoms with Gasteiger partial charge in [-0.3, -0.25) is 4.98 Å². The van der Waals surface area contributed by atoms with Crippen LogP contribution in [0.1, 0.15) is 39.8 Å². The first-order valence-electron chi connectivity index (χ1n) is 7.90. The van der Waals surface area contributed by atoms with Crippen LogP contribution in [0.15, 0.2) is 35.2 Å². The highest BCUT2D eigenvalue weighted by Crippen LogP contribution is 2.23. The summed E-state index contributed by atoms with van der Waals surface area (Å²) in [6.07, 6.45) is 5.55. The molecule has 0 radical (unpaired) electrons. The molecule has 6 heteroatoms. The van der Waals surface area contributed by atoms with E-state index in [4.69, 9.17) is 4.74 Å². The molecular weight excluding hydrogens is 304 g/mol. The lowest BCUT2D eigenvalue weighted by Gasteiger charge is -2.03. The van der Waals surface area contributed by atoms with E-state index in [2.05, 4.69) is 20.5 Å². The fourth-order valence-electron chi connectivity index (χ4n) is 2.83. The zero-order chi connectivity index (χ0) is 17.1. The molecule has 0 spiro atoms. The van der Waals surface area contributed by atoms with E-state index in [1.807, 2.05) is 32.1 Å². The number of carbonyl (C=O) groups excluding carboxylic acids is 1. The number of ether oxygens (including phenoxy) is 1. The van der Waals surface area contributed by atoms with Crippen LogP contribution in [0.25, 0.3) is 6.08 Å². The topological polar surface area (TPSA) is 79.4 Å². The van der Waals surface area contributed by atoms with Crippen LogP contribution in [0.2, 0.25) is 0 Å². The van der Waals surface area contributed by atoms with E-state index in [0.29, 0.717) is 18.7 Å². The molecule has 24 heavy (non-hydrogen) atoms. The van der Waals surface area contributed by atoms with Crippen LogP contribution in [0, 0.1) is 13.8 Å². The summed E-state index contributed by atoms with van der Waals surface area (Å²) in [5.74, 6) is -0.293. The number of hydrazone groups is 1. The zero-order valence-corrected chi connectivity index (χ0v) is 14.0. The minimum absolute atomic E-state index is 0.293. The van der Waals surface area contributed by atoms with Crippen molar-refractivity contribution in [3.8, 4) is 0 Å². The second kappa shape index (κ2) is 6.70. The van der Waals surface area contributed by atoms with Crippen LogP contribution >= 0.6 is 0 Å². The van der Waals surface area contributed by atoms with Crippen molar-refractivity contribution in [2.45, 2.75) is 20.8 Å². The highest BCUT2D eigenvalue weighted by atomic mass is 16.5. The number of hydrogen-bond donors (Lipinski definition) is 2. The third kappa shape index (κ3) is 2.95. The van der Waals surface area contributed by atoms with E-state index in [1.165, 1.54) is 0 Å². The molecule has 2 aromatic rings. The molecule has 3 rings (SSSR count). The molecule has 0 saturated carbocycles. The van der Waals surface area contributed by atoms with E-state index in [1.54, 1.807) is 19.3 Å². The van der Waals surface area contributed by atoms with Crippen LogP contribution in [-0.4, -0.2) is 34.8 Å². The molecule has 1 aliphatic rings. The monoisotopic (exact) mass is 324 g/mol. The van der Waals surface area contributed by atoms with Gasteiger partial charge in [-0.15, -0.1) is 0 Å². The number of aromatic amines is 1. The number of hydrogen-bond acceptors (Lipinski definition) is 5. The number of esters is 1. The Kier molecular flexibility index (Phi) is 4.46. The molecule has 6 nitrogen and oxygen atoms in total. The van der Waals surface area contributed by atoms with Gasteiger partial charge in [0.1, 0.15) is 0 Å². The van der Waals surface area contributed by atoms with Crippen LogP contribution < -0.4 is 5.43 Å². The minimum Gasteiger partial charge on any atom is -0.462 e. The molecule has 0 aromatic carbocycles. The fraction of sp³-hybridized carbons (Fsp3) is 0.278. The predicted octanol–water partition coefficient (Wildman–Crippen LogP) is 2.59. The van der Waals surface area contributed by atoms with Crippen molar-refractivity contribution in [2.24, 2.45) is 5.10 Å². The maximum atomic E-state index is 12.1. The minimum atomic E-state index is -0.293. The summed E-state index contributed by atoms with van der Waals surface area (Å²) >= 11 is 0. The van der Waals surface area contributed by atoms with E-state index in [9.17, 15) is 4.79 Å². The molecule has 2 aromatic heterocycles. The van der Waals surface area contributed by atoms with Gasteiger partial charge in [0.05, 0.1) is 24.4 Å². The fourth-order valence-corrected chi connectivity index (χ4v) is 2.83. The number of rotatable bonds is 4. The van der Waals surface area contributed by atoms with E-state index in [-0.39, 0.29) is 5.97 Å². The molecule has 0 aliphatic carbocycles. The summed E-state index contributed by atoms with van der Waals surface area (Å²) in [5.41, 5.74) is 9.08. The Hall–Kier alpha value is -2.89. The summed E-state index contributed by atoms with van der Waals surface area (Å²) in [7, 11) is 0. The van der Waals surface area contributed by atoms with Crippen molar-refractivity contribution < 1.29 is 9.53 Å². The van der Waals surface area contributed by atoms with Gasteiger partial charge in [0.15, 0.2) is 0 Å².